The van der Waals surface area contributed by atoms with Crippen molar-refractivity contribution in [3.63, 3.8) is 0 Å². The van der Waals surface area contributed by atoms with E-state index in [0.717, 1.165) is 0 Å². The topological polar surface area (TPSA) is 169 Å². The summed E-state index contributed by atoms with van der Waals surface area (Å²) in [5, 5.41) is 24.5. The van der Waals surface area contributed by atoms with Crippen molar-refractivity contribution >= 4 is 14.3 Å². The lowest BCUT2D eigenvalue weighted by Gasteiger charge is -2.43. The zero-order valence-corrected chi connectivity index (χ0v) is 20.1. The van der Waals surface area contributed by atoms with Crippen LogP contribution in [0, 0.1) is 0 Å². The Bertz CT molecular complexity index is 666. The summed E-state index contributed by atoms with van der Waals surface area (Å²) in [6.45, 7) is 15.3. The number of hydrogen-bond donors (Lipinski definition) is 3. The van der Waals surface area contributed by atoms with Crippen LogP contribution in [0.4, 0.5) is 0 Å². The number of azide groups is 1. The van der Waals surface area contributed by atoms with Gasteiger partial charge in [0.2, 0.25) is 0 Å². The first-order valence-corrected chi connectivity index (χ1v) is 13.1. The molecular formula is C19H36N4O7Si. The second-order valence-electron chi connectivity index (χ2n) is 9.08. The standard InChI is InChI=1S/C19H36N4O7Si/c1-8-9-27-17(26)13(20)11(2)29-18-14(22-23-21)16(25)15(24)12(30-18)10-28-31(6,7)19(3,4)5/h8,11-16,18,24-25H,1,9-10,20H2,2-7H3/t11-,12-,13+,14-,15+,16-,18+/m1/s1. The number of aliphatic hydroxyl groups excluding tert-OH is 2. The molecule has 1 rings (SSSR count). The van der Waals surface area contributed by atoms with Crippen LogP contribution in [0.2, 0.25) is 18.1 Å². The van der Waals surface area contributed by atoms with Crippen LogP contribution in [-0.4, -0.2) is 80.5 Å². The molecule has 1 aliphatic heterocycles. The highest BCUT2D eigenvalue weighted by Gasteiger charge is 2.47. The monoisotopic (exact) mass is 460 g/mol. The van der Waals surface area contributed by atoms with Crippen molar-refractivity contribution in [3.05, 3.63) is 23.1 Å². The number of nitrogens with zero attached hydrogens (tertiary/aromatic N) is 3. The summed E-state index contributed by atoms with van der Waals surface area (Å²) in [4.78, 5) is 14.7. The summed E-state index contributed by atoms with van der Waals surface area (Å²) < 4.78 is 22.5. The van der Waals surface area contributed by atoms with Crippen molar-refractivity contribution in [2.24, 2.45) is 10.8 Å². The molecule has 0 aromatic carbocycles. The quantitative estimate of drug-likeness (QED) is 0.110. The predicted molar refractivity (Wildman–Crippen MR) is 116 cm³/mol. The van der Waals surface area contributed by atoms with Gasteiger partial charge in [-0.2, -0.15) is 0 Å². The Morgan fingerprint density at radius 1 is 1.39 bits per heavy atom. The van der Waals surface area contributed by atoms with Crippen LogP contribution in [0.3, 0.4) is 0 Å². The molecule has 12 heteroatoms. The molecule has 0 saturated carbocycles. The maximum Gasteiger partial charge on any atom is 0.325 e. The van der Waals surface area contributed by atoms with Crippen LogP contribution in [0.1, 0.15) is 27.7 Å². The normalized spacial score (nSPS) is 28.9. The molecule has 1 aliphatic rings. The average Bonchev–Trinajstić information content (AvgIpc) is 2.68. The van der Waals surface area contributed by atoms with E-state index in [1.165, 1.54) is 13.0 Å². The van der Waals surface area contributed by atoms with E-state index in [0.29, 0.717) is 0 Å². The maximum absolute atomic E-state index is 12.0. The van der Waals surface area contributed by atoms with Gasteiger partial charge in [0.05, 0.1) is 18.8 Å². The highest BCUT2D eigenvalue weighted by molar-refractivity contribution is 6.74. The minimum atomic E-state index is -2.16. The lowest BCUT2D eigenvalue weighted by Crippen LogP contribution is -2.60. The van der Waals surface area contributed by atoms with Gasteiger partial charge in [0, 0.05) is 4.91 Å². The molecule has 11 nitrogen and oxygen atoms in total. The van der Waals surface area contributed by atoms with Crippen LogP contribution in [-0.2, 0) is 23.4 Å². The minimum absolute atomic E-state index is 0.00168. The predicted octanol–water partition coefficient (Wildman–Crippen LogP) is 1.60. The number of aliphatic hydroxyl groups is 2. The molecule has 1 saturated heterocycles. The first-order valence-electron chi connectivity index (χ1n) is 10.1. The zero-order valence-electron chi connectivity index (χ0n) is 19.1. The molecule has 0 unspecified atom stereocenters. The molecule has 0 radical (unpaired) electrons. The van der Waals surface area contributed by atoms with Crippen molar-refractivity contribution < 1.29 is 33.6 Å². The van der Waals surface area contributed by atoms with Gasteiger partial charge in [-0.05, 0) is 30.6 Å². The van der Waals surface area contributed by atoms with E-state index in [1.807, 2.05) is 13.1 Å². The average molecular weight is 461 g/mol. The van der Waals surface area contributed by atoms with E-state index < -0.39 is 57.1 Å². The highest BCUT2D eigenvalue weighted by atomic mass is 28.4. The third-order valence-electron chi connectivity index (χ3n) is 5.74. The molecule has 1 fully saturated rings. The molecule has 0 amide bonds. The van der Waals surface area contributed by atoms with Gasteiger partial charge in [0.1, 0.15) is 30.9 Å². The third kappa shape index (κ3) is 7.26. The summed E-state index contributed by atoms with van der Waals surface area (Å²) in [7, 11) is -2.16. The second kappa shape index (κ2) is 11.4. The fourth-order valence-electron chi connectivity index (χ4n) is 2.58. The van der Waals surface area contributed by atoms with Crippen LogP contribution in [0.15, 0.2) is 17.8 Å². The van der Waals surface area contributed by atoms with E-state index in [2.05, 4.69) is 37.4 Å². The Morgan fingerprint density at radius 3 is 2.52 bits per heavy atom. The van der Waals surface area contributed by atoms with Crippen LogP contribution >= 0.6 is 0 Å². The second-order valence-corrected chi connectivity index (χ2v) is 13.9. The molecule has 0 aliphatic carbocycles. The van der Waals surface area contributed by atoms with Crippen LogP contribution in [0.25, 0.3) is 10.4 Å². The summed E-state index contributed by atoms with van der Waals surface area (Å²) in [5.41, 5.74) is 14.7. The summed E-state index contributed by atoms with van der Waals surface area (Å²) >= 11 is 0. The number of esters is 1. The van der Waals surface area contributed by atoms with E-state index in [9.17, 15) is 15.0 Å². The first kappa shape index (κ1) is 27.5. The zero-order chi connectivity index (χ0) is 24.0. The van der Waals surface area contributed by atoms with E-state index in [1.54, 1.807) is 0 Å². The molecule has 4 N–H and O–H groups in total. The molecule has 31 heavy (non-hydrogen) atoms. The largest absolute Gasteiger partial charge is 0.460 e. The van der Waals surface area contributed by atoms with Gasteiger partial charge in [-0.3, -0.25) is 4.79 Å². The van der Waals surface area contributed by atoms with E-state index >= 15 is 0 Å². The first-order chi connectivity index (χ1) is 14.3. The van der Waals surface area contributed by atoms with E-state index in [-0.39, 0.29) is 18.3 Å². The number of rotatable bonds is 10. The molecule has 0 aromatic rings. The molecule has 0 aromatic heterocycles. The van der Waals surface area contributed by atoms with Crippen molar-refractivity contribution in [1.29, 1.82) is 0 Å². The number of carbonyl (C=O) groups excluding carboxylic acids is 1. The van der Waals surface area contributed by atoms with Gasteiger partial charge in [0.15, 0.2) is 14.6 Å². The van der Waals surface area contributed by atoms with Crippen molar-refractivity contribution in [2.45, 2.75) is 88.6 Å². The van der Waals surface area contributed by atoms with Gasteiger partial charge in [0.25, 0.3) is 0 Å². The maximum atomic E-state index is 12.0. The Labute approximate surface area is 184 Å². The van der Waals surface area contributed by atoms with Gasteiger partial charge in [-0.1, -0.05) is 38.5 Å². The van der Waals surface area contributed by atoms with E-state index in [4.69, 9.17) is 29.9 Å². The number of carbonyl (C=O) groups is 1. The van der Waals surface area contributed by atoms with Gasteiger partial charge in [-0.25, -0.2) is 0 Å². The smallest absolute Gasteiger partial charge is 0.325 e. The number of hydrogen-bond acceptors (Lipinski definition) is 9. The Morgan fingerprint density at radius 2 is 2.00 bits per heavy atom. The van der Waals surface area contributed by atoms with Gasteiger partial charge >= 0.3 is 5.97 Å². The van der Waals surface area contributed by atoms with Crippen LogP contribution in [0.5, 0.6) is 0 Å². The van der Waals surface area contributed by atoms with Crippen molar-refractivity contribution in [3.8, 4) is 0 Å². The van der Waals surface area contributed by atoms with Crippen molar-refractivity contribution in [1.82, 2.24) is 0 Å². The highest BCUT2D eigenvalue weighted by Crippen LogP contribution is 2.37. The molecule has 7 atom stereocenters. The van der Waals surface area contributed by atoms with Gasteiger partial charge < -0.3 is 34.6 Å². The lowest BCUT2D eigenvalue weighted by molar-refractivity contribution is -0.276. The number of ether oxygens (including phenoxy) is 3. The van der Waals surface area contributed by atoms with Crippen LogP contribution < -0.4 is 5.73 Å². The minimum Gasteiger partial charge on any atom is -0.460 e. The fourth-order valence-corrected chi connectivity index (χ4v) is 3.60. The Hall–Kier alpha value is -1.50. The molecule has 1 heterocycles. The van der Waals surface area contributed by atoms with Gasteiger partial charge in [-0.15, -0.1) is 0 Å². The Kier molecular flexibility index (Phi) is 10.1. The fraction of sp³-hybridized carbons (Fsp3) is 0.842. The SMILES string of the molecule is C=CCOC(=O)[C@@H](N)[C@@H](C)O[C@H]1O[C@H](CO[Si](C)(C)C(C)(C)C)[C@H](O)[C@H](O)[C@H]1N=[N+]=[N-]. The lowest BCUT2D eigenvalue weighted by atomic mass is 9.97. The van der Waals surface area contributed by atoms with Crippen molar-refractivity contribution in [2.75, 3.05) is 13.2 Å². The Balaban J connectivity index is 2.95. The summed E-state index contributed by atoms with van der Waals surface area (Å²) in [5.74, 6) is -0.707. The third-order valence-corrected chi connectivity index (χ3v) is 10.2. The molecular weight excluding hydrogens is 424 g/mol. The molecule has 178 valence electrons. The summed E-state index contributed by atoms with van der Waals surface area (Å²) in [6, 6.07) is -2.40. The molecule has 0 spiro atoms. The molecule has 0 bridgehead atoms. The number of nitrogens with two attached hydrogens (primary N) is 1. The summed E-state index contributed by atoms with van der Waals surface area (Å²) in [6.07, 6.45) is -4.50.